The van der Waals surface area contributed by atoms with Crippen molar-refractivity contribution in [1.29, 1.82) is 0 Å². The molecular weight excluding hydrogens is 573 g/mol. The van der Waals surface area contributed by atoms with Crippen LogP contribution in [0.15, 0.2) is 53.7 Å². The summed E-state index contributed by atoms with van der Waals surface area (Å²) in [5, 5.41) is 4.78. The highest BCUT2D eigenvalue weighted by Gasteiger charge is 2.35. The number of carbonyl (C=O) groups is 3. The summed E-state index contributed by atoms with van der Waals surface area (Å²) in [5.74, 6) is -0.537. The van der Waals surface area contributed by atoms with E-state index >= 15 is 0 Å². The number of amidine groups is 1. The Bertz CT molecular complexity index is 1520. The minimum absolute atomic E-state index is 0.112. The summed E-state index contributed by atoms with van der Waals surface area (Å²) in [5.41, 5.74) is 3.33. The van der Waals surface area contributed by atoms with E-state index in [9.17, 15) is 14.4 Å². The van der Waals surface area contributed by atoms with Gasteiger partial charge in [0.1, 0.15) is 5.69 Å². The molecule has 0 bridgehead atoms. The van der Waals surface area contributed by atoms with Crippen LogP contribution in [0.5, 0.6) is 0 Å². The fourth-order valence-electron chi connectivity index (χ4n) is 5.16. The molecule has 0 radical (unpaired) electrons. The van der Waals surface area contributed by atoms with Crippen molar-refractivity contribution in [2.75, 3.05) is 31.1 Å². The molecule has 0 spiro atoms. The van der Waals surface area contributed by atoms with Crippen LogP contribution >= 0.6 is 35.0 Å². The Morgan fingerprint density at radius 3 is 2.60 bits per heavy atom. The van der Waals surface area contributed by atoms with Crippen LogP contribution in [0.1, 0.15) is 18.4 Å². The standard InChI is InChI=1S/C28H25Cl2N5O4S/c29-18-2-1-3-19(30)25(18)32-28-33-26(37)23(40-28)15-16-4-5-20-17(14-16)21(8-9-31-20)34-10-12-35(13-11-34)27(38)22-6-7-24(36)39-22/h1-5,8-9,14,22-23H,6-7,10-13,15H2,(H,32,33,37)/t22-,23?/m1/s1. The normalized spacial score (nSPS) is 22.2. The highest BCUT2D eigenvalue weighted by atomic mass is 35.5. The lowest BCUT2D eigenvalue weighted by Gasteiger charge is -2.37. The number of rotatable bonds is 5. The first-order valence-electron chi connectivity index (χ1n) is 13.0. The van der Waals surface area contributed by atoms with Gasteiger partial charge in [-0.25, -0.2) is 4.99 Å². The van der Waals surface area contributed by atoms with E-state index < -0.39 is 6.10 Å². The van der Waals surface area contributed by atoms with E-state index in [-0.39, 0.29) is 23.0 Å². The lowest BCUT2D eigenvalue weighted by molar-refractivity contribution is -0.153. The highest BCUT2D eigenvalue weighted by molar-refractivity contribution is 8.15. The van der Waals surface area contributed by atoms with Gasteiger partial charge in [-0.15, -0.1) is 0 Å². The van der Waals surface area contributed by atoms with Gasteiger partial charge in [0, 0.05) is 56.3 Å². The Labute approximate surface area is 244 Å². The maximum absolute atomic E-state index is 12.8. The van der Waals surface area contributed by atoms with Crippen LogP contribution in [0.4, 0.5) is 11.4 Å². The quantitative estimate of drug-likeness (QED) is 0.436. The van der Waals surface area contributed by atoms with Crippen molar-refractivity contribution in [2.24, 2.45) is 4.99 Å². The number of ether oxygens (including phenoxy) is 1. The zero-order valence-electron chi connectivity index (χ0n) is 21.3. The van der Waals surface area contributed by atoms with Gasteiger partial charge in [0.25, 0.3) is 5.91 Å². The van der Waals surface area contributed by atoms with Gasteiger partial charge in [-0.1, -0.05) is 47.1 Å². The van der Waals surface area contributed by atoms with Crippen molar-refractivity contribution >= 4 is 80.2 Å². The number of anilines is 1. The number of piperazine rings is 1. The van der Waals surface area contributed by atoms with Gasteiger partial charge < -0.3 is 19.9 Å². The zero-order valence-corrected chi connectivity index (χ0v) is 23.6. The monoisotopic (exact) mass is 597 g/mol. The lowest BCUT2D eigenvalue weighted by Crippen LogP contribution is -2.51. The first-order chi connectivity index (χ1) is 19.4. The van der Waals surface area contributed by atoms with Crippen molar-refractivity contribution in [3.63, 3.8) is 0 Å². The molecule has 3 aliphatic rings. The average Bonchev–Trinajstić information content (AvgIpc) is 3.54. The first-order valence-corrected chi connectivity index (χ1v) is 14.6. The van der Waals surface area contributed by atoms with Crippen molar-refractivity contribution in [1.82, 2.24) is 15.2 Å². The lowest BCUT2D eigenvalue weighted by atomic mass is 10.0. The summed E-state index contributed by atoms with van der Waals surface area (Å²) in [6.45, 7) is 2.40. The van der Waals surface area contributed by atoms with Gasteiger partial charge >= 0.3 is 5.97 Å². The highest BCUT2D eigenvalue weighted by Crippen LogP contribution is 2.35. The summed E-state index contributed by atoms with van der Waals surface area (Å²) in [4.78, 5) is 50.0. The number of cyclic esters (lactones) is 1. The van der Waals surface area contributed by atoms with Gasteiger partial charge in [-0.2, -0.15) is 0 Å². The topological polar surface area (TPSA) is 104 Å². The predicted molar refractivity (Wildman–Crippen MR) is 156 cm³/mol. The summed E-state index contributed by atoms with van der Waals surface area (Å²) < 4.78 is 5.17. The minimum Gasteiger partial charge on any atom is -0.452 e. The van der Waals surface area contributed by atoms with E-state index in [0.29, 0.717) is 66.3 Å². The number of benzene rings is 2. The van der Waals surface area contributed by atoms with Gasteiger partial charge in [0.05, 0.1) is 20.8 Å². The molecule has 1 N–H and O–H groups in total. The Hall–Kier alpha value is -3.34. The average molecular weight is 599 g/mol. The SMILES string of the molecule is O=C1CC[C@H](C(=O)N2CCN(c3ccnc4ccc(CC5SC(=Nc6c(Cl)cccc6Cl)NC5=O)cc34)CC2)O1. The van der Waals surface area contributed by atoms with Crippen LogP contribution < -0.4 is 10.2 Å². The molecule has 4 heterocycles. The summed E-state index contributed by atoms with van der Waals surface area (Å²) in [7, 11) is 0. The number of pyridine rings is 1. The van der Waals surface area contributed by atoms with Crippen molar-refractivity contribution < 1.29 is 19.1 Å². The van der Waals surface area contributed by atoms with Crippen LogP contribution in [0, 0.1) is 0 Å². The number of fused-ring (bicyclic) bond motifs is 1. The maximum atomic E-state index is 12.8. The number of hydrogen-bond donors (Lipinski definition) is 1. The van der Waals surface area contributed by atoms with Gasteiger partial charge in [-0.05, 0) is 42.3 Å². The molecule has 0 aliphatic carbocycles. The number of aromatic nitrogens is 1. The molecule has 1 unspecified atom stereocenters. The van der Waals surface area contributed by atoms with E-state index in [0.717, 1.165) is 22.2 Å². The summed E-state index contributed by atoms with van der Waals surface area (Å²) in [6.07, 6.45) is 2.40. The van der Waals surface area contributed by atoms with Crippen LogP contribution in [0.3, 0.4) is 0 Å². The number of aliphatic imine (C=N–C) groups is 1. The number of esters is 1. The number of carbonyl (C=O) groups excluding carboxylic acids is 3. The third-order valence-electron chi connectivity index (χ3n) is 7.22. The van der Waals surface area contributed by atoms with E-state index in [1.54, 1.807) is 29.3 Å². The molecule has 12 heteroatoms. The Balaban J connectivity index is 1.16. The van der Waals surface area contributed by atoms with E-state index in [1.807, 2.05) is 18.2 Å². The third-order valence-corrected chi connectivity index (χ3v) is 8.92. The fourth-order valence-corrected chi connectivity index (χ4v) is 6.65. The molecule has 0 saturated carbocycles. The van der Waals surface area contributed by atoms with Crippen LogP contribution in [0.2, 0.25) is 10.0 Å². The molecule has 2 amide bonds. The first kappa shape index (κ1) is 26.9. The van der Waals surface area contributed by atoms with E-state index in [4.69, 9.17) is 27.9 Å². The molecule has 206 valence electrons. The molecule has 2 atom stereocenters. The molecule has 6 rings (SSSR count). The molecule has 3 fully saturated rings. The molecule has 9 nitrogen and oxygen atoms in total. The molecular formula is C28H25Cl2N5O4S. The second-order valence-electron chi connectivity index (χ2n) is 9.80. The van der Waals surface area contributed by atoms with Crippen LogP contribution in [-0.4, -0.2) is 70.4 Å². The number of nitrogens with zero attached hydrogens (tertiary/aromatic N) is 4. The Morgan fingerprint density at radius 2 is 1.88 bits per heavy atom. The number of para-hydroxylation sites is 1. The molecule has 2 aromatic carbocycles. The van der Waals surface area contributed by atoms with Crippen molar-refractivity contribution in [3.8, 4) is 0 Å². The number of nitrogens with one attached hydrogen (secondary N) is 1. The predicted octanol–water partition coefficient (Wildman–Crippen LogP) is 4.36. The maximum Gasteiger partial charge on any atom is 0.306 e. The fraction of sp³-hybridized carbons (Fsp3) is 0.321. The van der Waals surface area contributed by atoms with E-state index in [1.165, 1.54) is 11.8 Å². The van der Waals surface area contributed by atoms with Gasteiger partial charge in [0.2, 0.25) is 5.91 Å². The minimum atomic E-state index is -0.652. The number of halogens is 2. The van der Waals surface area contributed by atoms with Crippen molar-refractivity contribution in [3.05, 3.63) is 64.3 Å². The van der Waals surface area contributed by atoms with Crippen LogP contribution in [-0.2, 0) is 25.5 Å². The zero-order chi connectivity index (χ0) is 27.8. The third kappa shape index (κ3) is 5.48. The second kappa shape index (κ2) is 11.3. The molecule has 40 heavy (non-hydrogen) atoms. The number of thioether (sulfide) groups is 1. The van der Waals surface area contributed by atoms with Gasteiger partial charge in [0.15, 0.2) is 11.3 Å². The van der Waals surface area contributed by atoms with Gasteiger partial charge in [-0.3, -0.25) is 19.4 Å². The largest absolute Gasteiger partial charge is 0.452 e. The molecule has 3 aromatic rings. The Morgan fingerprint density at radius 1 is 1.10 bits per heavy atom. The molecule has 3 aliphatic heterocycles. The summed E-state index contributed by atoms with van der Waals surface area (Å²) >= 11 is 13.8. The summed E-state index contributed by atoms with van der Waals surface area (Å²) in [6, 6.07) is 13.2. The number of hydrogen-bond acceptors (Lipinski definition) is 8. The molecule has 3 saturated heterocycles. The number of amides is 2. The van der Waals surface area contributed by atoms with Crippen molar-refractivity contribution in [2.45, 2.75) is 30.6 Å². The van der Waals surface area contributed by atoms with Crippen LogP contribution in [0.25, 0.3) is 10.9 Å². The smallest absolute Gasteiger partial charge is 0.306 e. The Kier molecular flexibility index (Phi) is 7.57. The van der Waals surface area contributed by atoms with E-state index in [2.05, 4.69) is 26.3 Å². The second-order valence-corrected chi connectivity index (χ2v) is 11.8. The molecule has 1 aromatic heterocycles.